The number of alkyl halides is 3. The van der Waals surface area contributed by atoms with Gasteiger partial charge < -0.3 is 10.8 Å². The lowest BCUT2D eigenvalue weighted by Gasteiger charge is -2.33. The lowest BCUT2D eigenvalue weighted by molar-refractivity contribution is -0.192. The van der Waals surface area contributed by atoms with E-state index in [4.69, 9.17) is 15.6 Å². The highest BCUT2D eigenvalue weighted by Crippen LogP contribution is 2.14. The van der Waals surface area contributed by atoms with Gasteiger partial charge in [-0.1, -0.05) is 0 Å². The number of β-lactam (4-membered cyclic amide) rings is 1. The average Bonchev–Trinajstić information content (AvgIpc) is 2.87. The second-order valence-electron chi connectivity index (χ2n) is 4.69. The van der Waals surface area contributed by atoms with Crippen molar-refractivity contribution in [3.05, 3.63) is 10.9 Å². The molecule has 1 aliphatic heterocycles. The SMILES string of the molecule is Cc1cc(NS(=O)(=O)NC(=O)N2C[C@H](N)C2=O)ns1.O=C(O)C(F)(F)F. The molecule has 146 valence electrons. The highest BCUT2D eigenvalue weighted by molar-refractivity contribution is 7.91. The van der Waals surface area contributed by atoms with E-state index >= 15 is 0 Å². The first kappa shape index (κ1) is 21.6. The molecule has 16 heteroatoms. The Morgan fingerprint density at radius 2 is 2.00 bits per heavy atom. The number of nitrogens with zero attached hydrogens (tertiary/aromatic N) is 2. The molecule has 11 nitrogen and oxygen atoms in total. The Kier molecular flexibility index (Phi) is 6.50. The molecular formula is C10H12F3N5O6S2. The first-order valence-corrected chi connectivity index (χ1v) is 8.63. The fraction of sp³-hybridized carbons (Fsp3) is 0.400. The molecule has 1 saturated heterocycles. The van der Waals surface area contributed by atoms with Crippen molar-refractivity contribution in [2.75, 3.05) is 11.3 Å². The van der Waals surface area contributed by atoms with Crippen LogP contribution in [0.2, 0.25) is 0 Å². The van der Waals surface area contributed by atoms with Crippen LogP contribution in [-0.4, -0.2) is 59.5 Å². The number of nitrogens with two attached hydrogens (primary N) is 1. The van der Waals surface area contributed by atoms with Crippen LogP contribution in [-0.2, 0) is 19.8 Å². The molecule has 0 aliphatic carbocycles. The monoisotopic (exact) mass is 419 g/mol. The summed E-state index contributed by atoms with van der Waals surface area (Å²) in [6, 6.07) is -0.271. The zero-order valence-corrected chi connectivity index (χ0v) is 14.4. The van der Waals surface area contributed by atoms with Gasteiger partial charge in [-0.2, -0.15) is 26.0 Å². The molecule has 5 N–H and O–H groups in total. The fourth-order valence-corrected chi connectivity index (χ4v) is 2.72. The van der Waals surface area contributed by atoms with Crippen LogP contribution in [0, 0.1) is 6.92 Å². The normalized spacial score (nSPS) is 16.9. The summed E-state index contributed by atoms with van der Waals surface area (Å²) >= 11 is 1.12. The molecule has 1 atom stereocenters. The summed E-state index contributed by atoms with van der Waals surface area (Å²) in [5.41, 5.74) is 5.30. The summed E-state index contributed by atoms with van der Waals surface area (Å²) in [6.45, 7) is 1.75. The molecular weight excluding hydrogens is 407 g/mol. The van der Waals surface area contributed by atoms with Crippen LogP contribution < -0.4 is 15.2 Å². The Hall–Kier alpha value is -2.46. The van der Waals surface area contributed by atoms with Crippen molar-refractivity contribution >= 4 is 45.5 Å². The summed E-state index contributed by atoms with van der Waals surface area (Å²) in [7, 11) is -4.12. The third-order valence-corrected chi connectivity index (χ3v) is 4.15. The topological polar surface area (TPSA) is 172 Å². The first-order valence-electron chi connectivity index (χ1n) is 6.38. The molecule has 3 amide bonds. The summed E-state index contributed by atoms with van der Waals surface area (Å²) < 4.78 is 62.5. The Morgan fingerprint density at radius 1 is 1.46 bits per heavy atom. The van der Waals surface area contributed by atoms with Crippen molar-refractivity contribution in [2.45, 2.75) is 19.1 Å². The van der Waals surface area contributed by atoms with Crippen LogP contribution >= 0.6 is 11.5 Å². The number of hydrogen-bond donors (Lipinski definition) is 4. The lowest BCUT2D eigenvalue weighted by atomic mass is 10.1. The number of hydrogen-bond acceptors (Lipinski definition) is 8. The molecule has 2 rings (SSSR count). The number of carbonyl (C=O) groups is 3. The highest BCUT2D eigenvalue weighted by atomic mass is 32.2. The summed E-state index contributed by atoms with van der Waals surface area (Å²) in [6.07, 6.45) is -5.08. The number of urea groups is 1. The molecule has 26 heavy (non-hydrogen) atoms. The number of aromatic nitrogens is 1. The summed E-state index contributed by atoms with van der Waals surface area (Å²) in [5, 5.41) is 7.12. The number of aliphatic carboxylic acids is 1. The van der Waals surface area contributed by atoms with Gasteiger partial charge >= 0.3 is 28.4 Å². The highest BCUT2D eigenvalue weighted by Gasteiger charge is 2.39. The van der Waals surface area contributed by atoms with Crippen LogP contribution in [0.1, 0.15) is 4.88 Å². The number of carbonyl (C=O) groups excluding carboxylic acids is 2. The first-order chi connectivity index (χ1) is 11.7. The standard InChI is InChI=1S/C8H11N5O4S2.C2HF3O2/c1-4-2-6(10-18-4)11-19(16,17)12-8(15)13-3-5(9)7(13)14;3-2(4,5)1(6)7/h2,5H,3,9H2,1H3,(H,10,11)(H,12,15);(H,6,7)/t5-;/m0./s1. The van der Waals surface area contributed by atoms with Gasteiger partial charge in [0.25, 0.3) is 0 Å². The maximum Gasteiger partial charge on any atom is 0.490 e. The van der Waals surface area contributed by atoms with Crippen molar-refractivity contribution in [3.63, 3.8) is 0 Å². The van der Waals surface area contributed by atoms with Crippen molar-refractivity contribution in [2.24, 2.45) is 5.73 Å². The number of carboxylic acid groups (broad SMARTS) is 1. The van der Waals surface area contributed by atoms with Crippen LogP contribution in [0.4, 0.5) is 23.8 Å². The number of aryl methyl sites for hydroxylation is 1. The number of carboxylic acids is 1. The Balaban J connectivity index is 0.000000412. The maximum absolute atomic E-state index is 11.6. The fourth-order valence-electron chi connectivity index (χ4n) is 1.38. The van der Waals surface area contributed by atoms with E-state index in [0.717, 1.165) is 21.3 Å². The van der Waals surface area contributed by atoms with Crippen LogP contribution in [0.3, 0.4) is 0 Å². The van der Waals surface area contributed by atoms with E-state index in [1.54, 1.807) is 11.6 Å². The van der Waals surface area contributed by atoms with Crippen LogP contribution in [0.15, 0.2) is 6.07 Å². The zero-order chi connectivity index (χ0) is 20.3. The molecule has 1 aromatic rings. The Bertz CT molecular complexity index is 808. The summed E-state index contributed by atoms with van der Waals surface area (Å²) in [4.78, 5) is 33.1. The average molecular weight is 419 g/mol. The van der Waals surface area contributed by atoms with Crippen molar-refractivity contribution in [1.29, 1.82) is 0 Å². The number of nitrogens with one attached hydrogen (secondary N) is 2. The number of imide groups is 1. The van der Waals surface area contributed by atoms with Gasteiger partial charge in [0.1, 0.15) is 6.04 Å². The number of halogens is 3. The maximum atomic E-state index is 11.6. The minimum Gasteiger partial charge on any atom is -0.475 e. The predicted octanol–water partition coefficient (Wildman–Crippen LogP) is -0.379. The van der Waals surface area contributed by atoms with Crippen molar-refractivity contribution < 1.29 is 41.1 Å². The van der Waals surface area contributed by atoms with Crippen molar-refractivity contribution in [3.8, 4) is 0 Å². The van der Waals surface area contributed by atoms with E-state index in [1.807, 2.05) is 0 Å². The Morgan fingerprint density at radius 3 is 2.35 bits per heavy atom. The number of anilines is 1. The molecule has 0 unspecified atom stereocenters. The zero-order valence-electron chi connectivity index (χ0n) is 12.8. The van der Waals surface area contributed by atoms with Gasteiger partial charge in [0.2, 0.25) is 5.91 Å². The molecule has 1 aliphatic rings. The van der Waals surface area contributed by atoms with E-state index in [0.29, 0.717) is 0 Å². The minimum absolute atomic E-state index is 0.00397. The predicted molar refractivity (Wildman–Crippen MR) is 81.3 cm³/mol. The number of rotatable bonds is 3. The van der Waals surface area contributed by atoms with Crippen molar-refractivity contribution in [1.82, 2.24) is 14.0 Å². The van der Waals surface area contributed by atoms with Gasteiger partial charge in [-0.05, 0) is 24.5 Å². The quantitative estimate of drug-likeness (QED) is 0.480. The van der Waals surface area contributed by atoms with E-state index in [-0.39, 0.29) is 12.4 Å². The number of likely N-dealkylation sites (tertiary alicyclic amines) is 1. The molecule has 0 spiro atoms. The molecule has 0 aromatic carbocycles. The molecule has 0 bridgehead atoms. The van der Waals surface area contributed by atoms with E-state index in [9.17, 15) is 31.2 Å². The second-order valence-corrected chi connectivity index (χ2v) is 7.12. The lowest BCUT2D eigenvalue weighted by Crippen LogP contribution is -2.65. The van der Waals surface area contributed by atoms with Gasteiger partial charge in [-0.3, -0.25) is 9.69 Å². The van der Waals surface area contributed by atoms with E-state index in [2.05, 4.69) is 9.10 Å². The van der Waals surface area contributed by atoms with E-state index in [1.165, 1.54) is 6.07 Å². The molecule has 0 saturated carbocycles. The molecule has 1 aromatic heterocycles. The van der Waals surface area contributed by atoms with Crippen LogP contribution in [0.25, 0.3) is 0 Å². The molecule has 2 heterocycles. The Labute approximate surface area is 148 Å². The third kappa shape index (κ3) is 6.12. The van der Waals surface area contributed by atoms with Gasteiger partial charge in [0, 0.05) is 4.88 Å². The van der Waals surface area contributed by atoms with Gasteiger partial charge in [-0.25, -0.2) is 19.0 Å². The van der Waals surface area contributed by atoms with Gasteiger partial charge in [-0.15, -0.1) is 0 Å². The third-order valence-electron chi connectivity index (χ3n) is 2.54. The summed E-state index contributed by atoms with van der Waals surface area (Å²) in [5.74, 6) is -3.26. The largest absolute Gasteiger partial charge is 0.490 e. The minimum atomic E-state index is -5.08. The van der Waals surface area contributed by atoms with Gasteiger partial charge in [0.05, 0.1) is 6.54 Å². The number of amides is 3. The molecule has 0 radical (unpaired) electrons. The smallest absolute Gasteiger partial charge is 0.475 e. The van der Waals surface area contributed by atoms with Crippen LogP contribution in [0.5, 0.6) is 0 Å². The second kappa shape index (κ2) is 7.83. The van der Waals surface area contributed by atoms with E-state index < -0.39 is 40.3 Å². The molecule has 1 fully saturated rings. The van der Waals surface area contributed by atoms with Gasteiger partial charge in [0.15, 0.2) is 5.82 Å².